The highest BCUT2D eigenvalue weighted by Gasteiger charge is 2.11. The van der Waals surface area contributed by atoms with Gasteiger partial charge in [0.1, 0.15) is 5.76 Å². The van der Waals surface area contributed by atoms with Crippen molar-refractivity contribution in [1.29, 1.82) is 0 Å². The number of benzene rings is 1. The fourth-order valence-corrected chi connectivity index (χ4v) is 3.23. The van der Waals surface area contributed by atoms with Crippen molar-refractivity contribution in [2.24, 2.45) is 0 Å². The van der Waals surface area contributed by atoms with E-state index in [1.54, 1.807) is 6.07 Å². The van der Waals surface area contributed by atoms with Crippen molar-refractivity contribution in [3.8, 4) is 5.75 Å². The second-order valence-corrected chi connectivity index (χ2v) is 6.75. The van der Waals surface area contributed by atoms with Gasteiger partial charge >= 0.3 is 0 Å². The Morgan fingerprint density at radius 3 is 2.55 bits per heavy atom. The van der Waals surface area contributed by atoms with Crippen molar-refractivity contribution < 1.29 is 9.15 Å². The molecule has 0 bridgehead atoms. The first-order chi connectivity index (χ1) is 9.51. The Kier molecular flexibility index (Phi) is 5.84. The number of halogens is 4. The first-order valence-corrected chi connectivity index (χ1v) is 8.56. The molecule has 3 nitrogen and oxygen atoms in total. The number of nitrogens with one attached hydrogen (secondary N) is 1. The van der Waals surface area contributed by atoms with Crippen LogP contribution in [0.2, 0.25) is 5.02 Å². The van der Waals surface area contributed by atoms with Crippen molar-refractivity contribution >= 4 is 65.1 Å². The highest BCUT2D eigenvalue weighted by molar-refractivity contribution is 9.13. The predicted molar refractivity (Wildman–Crippen MR) is 91.8 cm³/mol. The Hall–Kier alpha value is -0.170. The number of anilines is 1. The van der Waals surface area contributed by atoms with E-state index >= 15 is 0 Å². The fraction of sp³-hybridized carbons (Fsp3) is 0.231. The van der Waals surface area contributed by atoms with E-state index in [-0.39, 0.29) is 0 Å². The van der Waals surface area contributed by atoms with E-state index < -0.39 is 0 Å². The third-order valence-corrected chi connectivity index (χ3v) is 4.96. The van der Waals surface area contributed by atoms with Gasteiger partial charge in [0.25, 0.3) is 0 Å². The molecule has 1 heterocycles. The van der Waals surface area contributed by atoms with Crippen molar-refractivity contribution in [2.45, 2.75) is 13.5 Å². The molecule has 0 unspecified atom stereocenters. The lowest BCUT2D eigenvalue weighted by atomic mass is 10.3. The molecule has 7 heteroatoms. The van der Waals surface area contributed by atoms with Crippen molar-refractivity contribution in [2.75, 3.05) is 11.9 Å². The molecule has 0 saturated heterocycles. The molecule has 2 rings (SSSR count). The average molecular weight is 488 g/mol. The summed E-state index contributed by atoms with van der Waals surface area (Å²) >= 11 is 16.2. The highest BCUT2D eigenvalue weighted by Crippen LogP contribution is 2.37. The Labute approximate surface area is 147 Å². The first-order valence-electron chi connectivity index (χ1n) is 5.80. The van der Waals surface area contributed by atoms with E-state index in [0.717, 1.165) is 26.1 Å². The summed E-state index contributed by atoms with van der Waals surface area (Å²) in [6.07, 6.45) is 0. The smallest absolute Gasteiger partial charge is 0.183 e. The molecule has 1 aromatic heterocycles. The maximum Gasteiger partial charge on any atom is 0.183 e. The van der Waals surface area contributed by atoms with Gasteiger partial charge in [-0.15, -0.1) is 0 Å². The first kappa shape index (κ1) is 16.2. The van der Waals surface area contributed by atoms with Gasteiger partial charge in [0, 0.05) is 5.02 Å². The third-order valence-electron chi connectivity index (χ3n) is 2.45. The van der Waals surface area contributed by atoms with Gasteiger partial charge in [-0.25, -0.2) is 0 Å². The van der Waals surface area contributed by atoms with Crippen LogP contribution in [0.4, 0.5) is 5.69 Å². The van der Waals surface area contributed by atoms with Crippen LogP contribution in [0.25, 0.3) is 0 Å². The van der Waals surface area contributed by atoms with Gasteiger partial charge in [-0.3, -0.25) is 0 Å². The summed E-state index contributed by atoms with van der Waals surface area (Å²) in [6, 6.07) is 5.53. The van der Waals surface area contributed by atoms with Gasteiger partial charge in [0.15, 0.2) is 10.4 Å². The van der Waals surface area contributed by atoms with Crippen LogP contribution in [0.5, 0.6) is 5.75 Å². The zero-order valence-electron chi connectivity index (χ0n) is 10.5. The quantitative estimate of drug-likeness (QED) is 0.542. The topological polar surface area (TPSA) is 34.4 Å². The molecule has 0 atom stereocenters. The summed E-state index contributed by atoms with van der Waals surface area (Å²) in [5.74, 6) is 1.53. The number of ether oxygens (including phenoxy) is 1. The summed E-state index contributed by atoms with van der Waals surface area (Å²) in [5.41, 5.74) is 0.815. The maximum absolute atomic E-state index is 6.07. The van der Waals surface area contributed by atoms with E-state index in [4.69, 9.17) is 20.8 Å². The summed E-state index contributed by atoms with van der Waals surface area (Å²) in [6.45, 7) is 3.04. The molecule has 20 heavy (non-hydrogen) atoms. The van der Waals surface area contributed by atoms with Gasteiger partial charge in [-0.1, -0.05) is 11.6 Å². The third kappa shape index (κ3) is 3.93. The van der Waals surface area contributed by atoms with E-state index in [1.165, 1.54) is 0 Å². The Morgan fingerprint density at radius 2 is 1.95 bits per heavy atom. The van der Waals surface area contributed by atoms with Gasteiger partial charge in [0.2, 0.25) is 0 Å². The van der Waals surface area contributed by atoms with Gasteiger partial charge in [-0.05, 0) is 72.9 Å². The summed E-state index contributed by atoms with van der Waals surface area (Å²) in [4.78, 5) is 0. The molecule has 1 aromatic carbocycles. The van der Waals surface area contributed by atoms with Crippen LogP contribution in [-0.2, 0) is 6.54 Å². The molecule has 0 aliphatic heterocycles. The maximum atomic E-state index is 6.07. The molecule has 2 aromatic rings. The average Bonchev–Trinajstić information content (AvgIpc) is 2.70. The largest absolute Gasteiger partial charge is 0.491 e. The molecule has 1 N–H and O–H groups in total. The molecule has 0 saturated carbocycles. The number of furan rings is 1. The summed E-state index contributed by atoms with van der Waals surface area (Å²) in [5, 5.41) is 3.89. The molecule has 0 radical (unpaired) electrons. The zero-order chi connectivity index (χ0) is 14.7. The molecule has 0 amide bonds. The second-order valence-electron chi connectivity index (χ2n) is 3.89. The van der Waals surface area contributed by atoms with Gasteiger partial charge < -0.3 is 14.5 Å². The Balaban J connectivity index is 2.19. The summed E-state index contributed by atoms with van der Waals surface area (Å²) < 4.78 is 13.5. The molecular formula is C13H11Br3ClNO2. The minimum Gasteiger partial charge on any atom is -0.491 e. The highest BCUT2D eigenvalue weighted by atomic mass is 79.9. The second kappa shape index (κ2) is 7.20. The monoisotopic (exact) mass is 485 g/mol. The molecule has 0 aliphatic carbocycles. The molecule has 0 aliphatic rings. The van der Waals surface area contributed by atoms with Crippen LogP contribution in [0.3, 0.4) is 0 Å². The SMILES string of the molecule is CCOc1c(Br)cc(Cl)cc1NCc1cc(Br)c(Br)o1. The molecule has 108 valence electrons. The van der Waals surface area contributed by atoms with Crippen LogP contribution in [0.1, 0.15) is 12.7 Å². The van der Waals surface area contributed by atoms with Crippen molar-refractivity contribution in [1.82, 2.24) is 0 Å². The van der Waals surface area contributed by atoms with Crippen LogP contribution < -0.4 is 10.1 Å². The number of hydrogen-bond acceptors (Lipinski definition) is 3. The van der Waals surface area contributed by atoms with Crippen LogP contribution in [0.15, 0.2) is 36.2 Å². The van der Waals surface area contributed by atoms with Crippen molar-refractivity contribution in [3.05, 3.63) is 42.6 Å². The summed E-state index contributed by atoms with van der Waals surface area (Å²) in [7, 11) is 0. The normalized spacial score (nSPS) is 10.7. The Bertz CT molecular complexity index is 596. The van der Waals surface area contributed by atoms with Crippen LogP contribution in [-0.4, -0.2) is 6.61 Å². The lowest BCUT2D eigenvalue weighted by Crippen LogP contribution is -2.03. The number of hydrogen-bond donors (Lipinski definition) is 1. The molecule has 0 fully saturated rings. The number of rotatable bonds is 5. The van der Waals surface area contributed by atoms with E-state index in [0.29, 0.717) is 22.8 Å². The molecule has 0 spiro atoms. The lowest BCUT2D eigenvalue weighted by Gasteiger charge is -2.14. The standard InChI is InChI=1S/C13H11Br3ClNO2/c1-2-19-12-9(14)3-7(17)4-11(12)18-6-8-5-10(15)13(16)20-8/h3-5,18H,2,6H2,1H3. The van der Waals surface area contributed by atoms with E-state index in [9.17, 15) is 0 Å². The van der Waals surface area contributed by atoms with Gasteiger partial charge in [-0.2, -0.15) is 0 Å². The van der Waals surface area contributed by atoms with E-state index in [1.807, 2.05) is 19.1 Å². The van der Waals surface area contributed by atoms with E-state index in [2.05, 4.69) is 53.1 Å². The van der Waals surface area contributed by atoms with Crippen LogP contribution in [0, 0.1) is 0 Å². The van der Waals surface area contributed by atoms with Crippen molar-refractivity contribution in [3.63, 3.8) is 0 Å². The molecular weight excluding hydrogens is 477 g/mol. The minimum absolute atomic E-state index is 0.525. The Morgan fingerprint density at radius 1 is 1.20 bits per heavy atom. The van der Waals surface area contributed by atoms with Crippen LogP contribution >= 0.6 is 59.4 Å². The van der Waals surface area contributed by atoms with Gasteiger partial charge in [0.05, 0.1) is 27.8 Å². The zero-order valence-corrected chi connectivity index (χ0v) is 16.0. The fourth-order valence-electron chi connectivity index (χ4n) is 1.64. The minimum atomic E-state index is 0.525. The lowest BCUT2D eigenvalue weighted by molar-refractivity contribution is 0.339. The predicted octanol–water partition coefficient (Wildman–Crippen LogP) is 6.23.